The summed E-state index contributed by atoms with van der Waals surface area (Å²) in [6.07, 6.45) is 0.824. The van der Waals surface area contributed by atoms with Gasteiger partial charge in [0.15, 0.2) is 0 Å². The molecule has 1 aliphatic heterocycles. The number of ether oxygens (including phenoxy) is 1. The maximum atomic E-state index is 12.2. The fourth-order valence-electron chi connectivity index (χ4n) is 2.17. The molecule has 7 nitrogen and oxygen atoms in total. The van der Waals surface area contributed by atoms with Gasteiger partial charge < -0.3 is 15.4 Å². The number of likely N-dealkylation sites (N-methyl/N-ethyl adjacent to an activating group) is 1. The molecule has 0 bridgehead atoms. The highest BCUT2D eigenvalue weighted by Crippen LogP contribution is 2.21. The minimum Gasteiger partial charge on any atom is -0.444 e. The van der Waals surface area contributed by atoms with Crippen molar-refractivity contribution < 1.29 is 19.1 Å². The van der Waals surface area contributed by atoms with Crippen LogP contribution in [-0.2, 0) is 14.3 Å². The fraction of sp³-hybridized carbons (Fsp3) is 0.786. The van der Waals surface area contributed by atoms with Crippen molar-refractivity contribution in [2.24, 2.45) is 0 Å². The van der Waals surface area contributed by atoms with Crippen LogP contribution in [-0.4, -0.2) is 54.1 Å². The van der Waals surface area contributed by atoms with Crippen molar-refractivity contribution in [3.8, 4) is 0 Å². The number of hydrogen-bond donors (Lipinski definition) is 2. The van der Waals surface area contributed by atoms with Gasteiger partial charge in [0.05, 0.1) is 0 Å². The smallest absolute Gasteiger partial charge is 0.410 e. The highest BCUT2D eigenvalue weighted by molar-refractivity contribution is 5.91. The van der Waals surface area contributed by atoms with Crippen LogP contribution in [0.15, 0.2) is 0 Å². The summed E-state index contributed by atoms with van der Waals surface area (Å²) in [5.41, 5.74) is -0.601. The molecule has 0 aliphatic carbocycles. The van der Waals surface area contributed by atoms with Gasteiger partial charge in [-0.2, -0.15) is 0 Å². The predicted octanol–water partition coefficient (Wildman–Crippen LogP) is 0.637. The van der Waals surface area contributed by atoms with Crippen LogP contribution in [0.1, 0.15) is 40.5 Å². The molecule has 21 heavy (non-hydrogen) atoms. The topological polar surface area (TPSA) is 87.7 Å². The molecular weight excluding hydrogens is 274 g/mol. The lowest BCUT2D eigenvalue weighted by Crippen LogP contribution is -2.52. The highest BCUT2D eigenvalue weighted by atomic mass is 16.6. The quantitative estimate of drug-likeness (QED) is 0.800. The molecule has 0 radical (unpaired) electrons. The summed E-state index contributed by atoms with van der Waals surface area (Å²) in [4.78, 5) is 37.2. The maximum absolute atomic E-state index is 12.2. The van der Waals surface area contributed by atoms with E-state index in [2.05, 4.69) is 10.6 Å². The van der Waals surface area contributed by atoms with E-state index in [-0.39, 0.29) is 11.8 Å². The number of amides is 3. The Labute approximate surface area is 125 Å². The van der Waals surface area contributed by atoms with E-state index in [1.54, 1.807) is 27.7 Å². The average molecular weight is 299 g/mol. The molecule has 120 valence electrons. The molecule has 7 heteroatoms. The van der Waals surface area contributed by atoms with Gasteiger partial charge in [-0.15, -0.1) is 0 Å². The van der Waals surface area contributed by atoms with Gasteiger partial charge in [-0.3, -0.25) is 14.5 Å². The first-order valence-corrected chi connectivity index (χ1v) is 7.17. The Kier molecular flexibility index (Phi) is 5.57. The number of nitrogens with one attached hydrogen (secondary N) is 2. The van der Waals surface area contributed by atoms with Crippen molar-refractivity contribution in [3.05, 3.63) is 0 Å². The molecule has 1 aliphatic rings. The summed E-state index contributed by atoms with van der Waals surface area (Å²) < 4.78 is 5.30. The third kappa shape index (κ3) is 4.91. The lowest BCUT2D eigenvalue weighted by Gasteiger charge is -2.28. The molecule has 2 unspecified atom stereocenters. The zero-order valence-corrected chi connectivity index (χ0v) is 13.4. The number of hydrogen-bond acceptors (Lipinski definition) is 4. The van der Waals surface area contributed by atoms with Crippen LogP contribution < -0.4 is 10.6 Å². The Balaban J connectivity index is 2.66. The van der Waals surface area contributed by atoms with Gasteiger partial charge in [0.1, 0.15) is 17.7 Å². The van der Waals surface area contributed by atoms with Gasteiger partial charge in [0.25, 0.3) is 0 Å². The zero-order chi connectivity index (χ0) is 16.2. The van der Waals surface area contributed by atoms with Crippen molar-refractivity contribution >= 4 is 17.9 Å². The molecule has 0 saturated carbocycles. The van der Waals surface area contributed by atoms with Crippen LogP contribution in [0.25, 0.3) is 0 Å². The van der Waals surface area contributed by atoms with E-state index in [1.165, 1.54) is 11.9 Å². The van der Waals surface area contributed by atoms with Crippen LogP contribution in [0.5, 0.6) is 0 Å². The van der Waals surface area contributed by atoms with Crippen LogP contribution in [0.3, 0.4) is 0 Å². The standard InChI is InChI=1S/C14H25N3O4/c1-9(11(18)15-5)16-12(19)10-7-6-8-17(10)13(20)21-14(2,3)4/h9-10H,6-8H2,1-5H3,(H,15,18)(H,16,19). The Morgan fingerprint density at radius 1 is 1.29 bits per heavy atom. The van der Waals surface area contributed by atoms with Gasteiger partial charge in [-0.25, -0.2) is 4.79 Å². The summed E-state index contributed by atoms with van der Waals surface area (Å²) in [6.45, 7) is 7.43. The average Bonchev–Trinajstić information content (AvgIpc) is 2.84. The summed E-state index contributed by atoms with van der Waals surface area (Å²) >= 11 is 0. The van der Waals surface area contributed by atoms with Gasteiger partial charge in [-0.05, 0) is 40.5 Å². The predicted molar refractivity (Wildman–Crippen MR) is 77.6 cm³/mol. The van der Waals surface area contributed by atoms with E-state index in [4.69, 9.17) is 4.74 Å². The monoisotopic (exact) mass is 299 g/mol. The first-order chi connectivity index (χ1) is 9.65. The fourth-order valence-corrected chi connectivity index (χ4v) is 2.17. The van der Waals surface area contributed by atoms with E-state index in [0.717, 1.165) is 6.42 Å². The molecule has 1 rings (SSSR count). The van der Waals surface area contributed by atoms with Crippen LogP contribution in [0.4, 0.5) is 4.79 Å². The SMILES string of the molecule is CNC(=O)C(C)NC(=O)C1CCCN1C(=O)OC(C)(C)C. The van der Waals surface area contributed by atoms with E-state index >= 15 is 0 Å². The number of carbonyl (C=O) groups excluding carboxylic acids is 3. The van der Waals surface area contributed by atoms with E-state index in [0.29, 0.717) is 13.0 Å². The van der Waals surface area contributed by atoms with Gasteiger partial charge in [0, 0.05) is 13.6 Å². The molecule has 3 amide bonds. The summed E-state index contributed by atoms with van der Waals surface area (Å²) in [6, 6.07) is -1.21. The summed E-state index contributed by atoms with van der Waals surface area (Å²) in [5, 5.41) is 5.09. The second kappa shape index (κ2) is 6.78. The van der Waals surface area contributed by atoms with Crippen molar-refractivity contribution in [1.29, 1.82) is 0 Å². The lowest BCUT2D eigenvalue weighted by atomic mass is 10.2. The number of rotatable bonds is 3. The van der Waals surface area contributed by atoms with Crippen LogP contribution >= 0.6 is 0 Å². The molecular formula is C14H25N3O4. The normalized spacial score (nSPS) is 19.9. The molecule has 1 saturated heterocycles. The Bertz CT molecular complexity index is 417. The van der Waals surface area contributed by atoms with Gasteiger partial charge >= 0.3 is 6.09 Å². The summed E-state index contributed by atoms with van der Waals surface area (Å²) in [5.74, 6) is -0.598. The van der Waals surface area contributed by atoms with Gasteiger partial charge in [0.2, 0.25) is 11.8 Å². The molecule has 0 aromatic carbocycles. The van der Waals surface area contributed by atoms with Crippen molar-refractivity contribution in [2.75, 3.05) is 13.6 Å². The van der Waals surface area contributed by atoms with Crippen molar-refractivity contribution in [3.63, 3.8) is 0 Å². The second-order valence-corrected chi connectivity index (χ2v) is 6.18. The Morgan fingerprint density at radius 2 is 1.90 bits per heavy atom. The first kappa shape index (κ1) is 17.3. The lowest BCUT2D eigenvalue weighted by molar-refractivity contribution is -0.130. The molecule has 1 fully saturated rings. The Hall–Kier alpha value is -1.79. The summed E-state index contributed by atoms with van der Waals surface area (Å²) in [7, 11) is 1.51. The third-order valence-electron chi connectivity index (χ3n) is 3.18. The third-order valence-corrected chi connectivity index (χ3v) is 3.18. The highest BCUT2D eigenvalue weighted by Gasteiger charge is 2.37. The van der Waals surface area contributed by atoms with Gasteiger partial charge in [-0.1, -0.05) is 0 Å². The number of carbonyl (C=O) groups is 3. The van der Waals surface area contributed by atoms with E-state index in [1.807, 2.05) is 0 Å². The zero-order valence-electron chi connectivity index (χ0n) is 13.4. The second-order valence-electron chi connectivity index (χ2n) is 6.18. The largest absolute Gasteiger partial charge is 0.444 e. The molecule has 0 aromatic heterocycles. The first-order valence-electron chi connectivity index (χ1n) is 7.17. The maximum Gasteiger partial charge on any atom is 0.410 e. The van der Waals surface area contributed by atoms with E-state index in [9.17, 15) is 14.4 Å². The minimum absolute atomic E-state index is 0.273. The minimum atomic E-state index is -0.636. The number of nitrogens with zero attached hydrogens (tertiary/aromatic N) is 1. The number of likely N-dealkylation sites (tertiary alicyclic amines) is 1. The van der Waals surface area contributed by atoms with Crippen LogP contribution in [0, 0.1) is 0 Å². The molecule has 2 atom stereocenters. The Morgan fingerprint density at radius 3 is 2.43 bits per heavy atom. The molecule has 0 spiro atoms. The molecule has 2 N–H and O–H groups in total. The molecule has 0 aromatic rings. The molecule has 1 heterocycles. The van der Waals surface area contributed by atoms with E-state index < -0.39 is 23.8 Å². The van der Waals surface area contributed by atoms with Crippen molar-refractivity contribution in [2.45, 2.75) is 58.2 Å². The van der Waals surface area contributed by atoms with Crippen molar-refractivity contribution in [1.82, 2.24) is 15.5 Å². The van der Waals surface area contributed by atoms with Crippen LogP contribution in [0.2, 0.25) is 0 Å².